The maximum atomic E-state index is 14.6. The van der Waals surface area contributed by atoms with Gasteiger partial charge in [0.05, 0.1) is 11.1 Å². The number of rotatable bonds is 2. The molecule has 7 heteroatoms. The standard InChI is InChI=1S/C20H15F2N5/c1-3-4-6-13-9-18-16(11-17(13)22)19(24-20-25-23-12-27(18)20)26(2)15-8-5-7-14(21)10-15/h5,7-12H,3H2,1-2H3. The van der Waals surface area contributed by atoms with E-state index in [1.54, 1.807) is 34.5 Å². The molecule has 0 bridgehead atoms. The predicted octanol–water partition coefficient (Wildman–Crippen LogP) is 4.09. The molecule has 0 amide bonds. The molecule has 0 saturated carbocycles. The quantitative estimate of drug-likeness (QED) is 0.504. The Bertz CT molecular complexity index is 1220. The second kappa shape index (κ2) is 6.65. The second-order valence-corrected chi connectivity index (χ2v) is 5.98. The van der Waals surface area contributed by atoms with Crippen LogP contribution in [0.4, 0.5) is 20.3 Å². The number of anilines is 2. The number of aromatic nitrogens is 4. The molecule has 134 valence electrons. The van der Waals surface area contributed by atoms with Crippen molar-refractivity contribution in [3.8, 4) is 11.8 Å². The number of hydrogen-bond acceptors (Lipinski definition) is 4. The molecule has 2 heterocycles. The lowest BCUT2D eigenvalue weighted by Gasteiger charge is -2.20. The van der Waals surface area contributed by atoms with E-state index < -0.39 is 5.82 Å². The average Bonchev–Trinajstić information content (AvgIpc) is 3.14. The van der Waals surface area contributed by atoms with E-state index in [9.17, 15) is 8.78 Å². The summed E-state index contributed by atoms with van der Waals surface area (Å²) in [6, 6.07) is 9.17. The fourth-order valence-corrected chi connectivity index (χ4v) is 2.91. The van der Waals surface area contributed by atoms with Crippen molar-refractivity contribution in [3.05, 3.63) is 59.9 Å². The summed E-state index contributed by atoms with van der Waals surface area (Å²) in [5.74, 6) is 5.73. The molecular formula is C20H15F2N5. The molecule has 4 aromatic rings. The topological polar surface area (TPSA) is 46.3 Å². The third-order valence-corrected chi connectivity index (χ3v) is 4.23. The molecule has 0 radical (unpaired) electrons. The highest BCUT2D eigenvalue weighted by Gasteiger charge is 2.17. The van der Waals surface area contributed by atoms with Gasteiger partial charge in [-0.2, -0.15) is 4.98 Å². The van der Waals surface area contributed by atoms with E-state index in [0.717, 1.165) is 0 Å². The first kappa shape index (κ1) is 16.9. The van der Waals surface area contributed by atoms with Gasteiger partial charge in [-0.15, -0.1) is 10.2 Å². The third-order valence-electron chi connectivity index (χ3n) is 4.23. The molecule has 0 spiro atoms. The highest BCUT2D eigenvalue weighted by atomic mass is 19.1. The zero-order valence-corrected chi connectivity index (χ0v) is 14.7. The van der Waals surface area contributed by atoms with Crippen LogP contribution in [0.1, 0.15) is 18.9 Å². The maximum Gasteiger partial charge on any atom is 0.257 e. The fraction of sp³-hybridized carbons (Fsp3) is 0.150. The monoisotopic (exact) mass is 363 g/mol. The summed E-state index contributed by atoms with van der Waals surface area (Å²) >= 11 is 0. The minimum atomic E-state index is -0.438. The lowest BCUT2D eigenvalue weighted by atomic mass is 10.1. The Morgan fingerprint density at radius 1 is 1.19 bits per heavy atom. The van der Waals surface area contributed by atoms with Crippen LogP contribution in [0.5, 0.6) is 0 Å². The molecule has 2 aromatic carbocycles. The Hall–Kier alpha value is -3.53. The van der Waals surface area contributed by atoms with Crippen molar-refractivity contribution in [1.29, 1.82) is 0 Å². The molecule has 27 heavy (non-hydrogen) atoms. The minimum absolute atomic E-state index is 0.296. The highest BCUT2D eigenvalue weighted by molar-refractivity contribution is 5.94. The first-order valence-corrected chi connectivity index (χ1v) is 8.39. The summed E-state index contributed by atoms with van der Waals surface area (Å²) in [5.41, 5.74) is 1.55. The smallest absolute Gasteiger partial charge is 0.257 e. The molecule has 0 aliphatic rings. The molecule has 0 fully saturated rings. The highest BCUT2D eigenvalue weighted by Crippen LogP contribution is 2.31. The van der Waals surface area contributed by atoms with Crippen molar-refractivity contribution in [2.45, 2.75) is 13.3 Å². The summed E-state index contributed by atoms with van der Waals surface area (Å²) in [6.07, 6.45) is 2.15. The van der Waals surface area contributed by atoms with Crippen LogP contribution in [0.2, 0.25) is 0 Å². The lowest BCUT2D eigenvalue weighted by molar-refractivity contribution is 0.625. The molecule has 2 aromatic heterocycles. The van der Waals surface area contributed by atoms with Crippen LogP contribution >= 0.6 is 0 Å². The van der Waals surface area contributed by atoms with E-state index in [2.05, 4.69) is 27.0 Å². The second-order valence-electron chi connectivity index (χ2n) is 5.98. The van der Waals surface area contributed by atoms with Gasteiger partial charge in [0.25, 0.3) is 5.78 Å². The summed E-state index contributed by atoms with van der Waals surface area (Å²) in [6.45, 7) is 1.90. The molecule has 5 nitrogen and oxygen atoms in total. The molecule has 0 N–H and O–H groups in total. The van der Waals surface area contributed by atoms with Gasteiger partial charge in [0.2, 0.25) is 0 Å². The Balaban J connectivity index is 2.00. The van der Waals surface area contributed by atoms with Crippen molar-refractivity contribution in [2.75, 3.05) is 11.9 Å². The van der Waals surface area contributed by atoms with Gasteiger partial charge in [-0.1, -0.05) is 24.8 Å². The zero-order valence-electron chi connectivity index (χ0n) is 14.7. The molecule has 0 aliphatic carbocycles. The van der Waals surface area contributed by atoms with E-state index in [-0.39, 0.29) is 5.82 Å². The maximum absolute atomic E-state index is 14.6. The molecular weight excluding hydrogens is 348 g/mol. The van der Waals surface area contributed by atoms with Crippen LogP contribution in [0, 0.1) is 23.5 Å². The van der Waals surface area contributed by atoms with Gasteiger partial charge in [0.15, 0.2) is 0 Å². The van der Waals surface area contributed by atoms with Crippen molar-refractivity contribution < 1.29 is 8.78 Å². The normalized spacial score (nSPS) is 10.8. The van der Waals surface area contributed by atoms with E-state index >= 15 is 0 Å². The van der Waals surface area contributed by atoms with E-state index in [4.69, 9.17) is 0 Å². The van der Waals surface area contributed by atoms with Gasteiger partial charge in [-0.3, -0.25) is 4.40 Å². The molecule has 4 rings (SSSR count). The average molecular weight is 363 g/mol. The molecule has 0 atom stereocenters. The summed E-state index contributed by atoms with van der Waals surface area (Å²) < 4.78 is 30.0. The number of benzene rings is 2. The van der Waals surface area contributed by atoms with Crippen LogP contribution < -0.4 is 4.90 Å². The summed E-state index contributed by atoms with van der Waals surface area (Å²) in [4.78, 5) is 6.18. The van der Waals surface area contributed by atoms with E-state index in [1.165, 1.54) is 24.5 Å². The van der Waals surface area contributed by atoms with Crippen LogP contribution in [-0.2, 0) is 0 Å². The SMILES string of the molecule is CCC#Cc1cc2c(cc1F)c(N(C)c1cccc(F)c1)nc1nncn12. The zero-order chi connectivity index (χ0) is 19.0. The van der Waals surface area contributed by atoms with E-state index in [0.29, 0.717) is 40.2 Å². The van der Waals surface area contributed by atoms with Crippen molar-refractivity contribution in [3.63, 3.8) is 0 Å². The van der Waals surface area contributed by atoms with Crippen molar-refractivity contribution in [2.24, 2.45) is 0 Å². The Labute approximate surface area is 154 Å². The van der Waals surface area contributed by atoms with Gasteiger partial charge in [-0.05, 0) is 30.3 Å². The number of halogens is 2. The van der Waals surface area contributed by atoms with Gasteiger partial charge >= 0.3 is 0 Å². The number of fused-ring (bicyclic) bond motifs is 3. The Morgan fingerprint density at radius 2 is 2.04 bits per heavy atom. The van der Waals surface area contributed by atoms with Gasteiger partial charge in [0.1, 0.15) is 23.8 Å². The molecule has 0 aliphatic heterocycles. The minimum Gasteiger partial charge on any atom is -0.329 e. The number of nitrogens with zero attached hydrogens (tertiary/aromatic N) is 5. The fourth-order valence-electron chi connectivity index (χ4n) is 2.91. The molecule has 0 saturated heterocycles. The first-order chi connectivity index (χ1) is 13.1. The number of hydrogen-bond donors (Lipinski definition) is 0. The predicted molar refractivity (Wildman–Crippen MR) is 99.9 cm³/mol. The molecule has 0 unspecified atom stereocenters. The van der Waals surface area contributed by atoms with Crippen LogP contribution in [0.15, 0.2) is 42.7 Å². The Morgan fingerprint density at radius 3 is 2.81 bits per heavy atom. The van der Waals surface area contributed by atoms with E-state index in [1.807, 2.05) is 6.92 Å². The first-order valence-electron chi connectivity index (χ1n) is 8.39. The van der Waals surface area contributed by atoms with Gasteiger partial charge in [0, 0.05) is 24.5 Å². The third kappa shape index (κ3) is 2.95. The van der Waals surface area contributed by atoms with Crippen molar-refractivity contribution in [1.82, 2.24) is 19.6 Å². The van der Waals surface area contributed by atoms with Gasteiger partial charge < -0.3 is 4.90 Å². The largest absolute Gasteiger partial charge is 0.329 e. The Kier molecular flexibility index (Phi) is 4.16. The summed E-state index contributed by atoms with van der Waals surface area (Å²) in [5, 5.41) is 8.45. The van der Waals surface area contributed by atoms with Gasteiger partial charge in [-0.25, -0.2) is 8.78 Å². The van der Waals surface area contributed by atoms with Crippen LogP contribution in [0.3, 0.4) is 0 Å². The lowest BCUT2D eigenvalue weighted by Crippen LogP contribution is -2.13. The van der Waals surface area contributed by atoms with Crippen molar-refractivity contribution >= 4 is 28.2 Å². The van der Waals surface area contributed by atoms with Crippen LogP contribution in [-0.4, -0.2) is 26.6 Å². The van der Waals surface area contributed by atoms with Crippen LogP contribution in [0.25, 0.3) is 16.7 Å². The summed E-state index contributed by atoms with van der Waals surface area (Å²) in [7, 11) is 1.74.